The van der Waals surface area contributed by atoms with E-state index in [1.165, 1.54) is 7.11 Å². The van der Waals surface area contributed by atoms with Crippen LogP contribution in [0.1, 0.15) is 11.6 Å². The molecule has 2 aromatic carbocycles. The van der Waals surface area contributed by atoms with Crippen LogP contribution in [0, 0.1) is 0 Å². The molecule has 1 atom stereocenters. The summed E-state index contributed by atoms with van der Waals surface area (Å²) in [4.78, 5) is 29.3. The zero-order chi connectivity index (χ0) is 19.7. The average molecular weight is 397 g/mol. The quantitative estimate of drug-likeness (QED) is 0.663. The molecule has 0 unspecified atom stereocenters. The fourth-order valence-corrected chi connectivity index (χ4v) is 3.43. The first-order chi connectivity index (χ1) is 13.6. The van der Waals surface area contributed by atoms with E-state index in [1.54, 1.807) is 30.6 Å². The van der Waals surface area contributed by atoms with E-state index in [1.807, 2.05) is 28.8 Å². The molecule has 0 bridgehead atoms. The number of fused-ring (bicyclic) bond motifs is 1. The predicted molar refractivity (Wildman–Crippen MR) is 105 cm³/mol. The normalized spacial score (nSPS) is 16.6. The number of ether oxygens (including phenoxy) is 1. The van der Waals surface area contributed by atoms with E-state index in [4.69, 9.17) is 16.3 Å². The first-order valence-electron chi connectivity index (χ1n) is 8.61. The standard InChI is InChI=1S/C20H17ClN4O3/c1-28-19(26)17-15(10-25-11-22-14-4-2-3-5-16(14)25)23-20(27)24-18(17)12-6-8-13(21)9-7-12/h2-9,11,18H,10H2,1H3,(H2,23,24,27)/t18-/m1/s1. The Labute approximate surface area is 166 Å². The molecule has 2 heterocycles. The van der Waals surface area contributed by atoms with Gasteiger partial charge in [-0.05, 0) is 29.8 Å². The van der Waals surface area contributed by atoms with E-state index in [2.05, 4.69) is 15.6 Å². The number of carbonyl (C=O) groups is 2. The zero-order valence-corrected chi connectivity index (χ0v) is 15.7. The molecule has 0 aliphatic carbocycles. The Kier molecular flexibility index (Phi) is 4.75. The minimum Gasteiger partial charge on any atom is -0.466 e. The second kappa shape index (κ2) is 7.36. The number of methoxy groups -OCH3 is 1. The molecular weight excluding hydrogens is 380 g/mol. The number of benzene rings is 2. The molecule has 2 amide bonds. The SMILES string of the molecule is COC(=O)C1=C(Cn2cnc3ccccc32)NC(=O)N[C@@H]1c1ccc(Cl)cc1. The van der Waals surface area contributed by atoms with Crippen LogP contribution in [0.15, 0.2) is 66.1 Å². The molecular formula is C20H17ClN4O3. The Balaban J connectivity index is 1.81. The topological polar surface area (TPSA) is 85.2 Å². The predicted octanol–water partition coefficient (Wildman–Crippen LogP) is 3.17. The van der Waals surface area contributed by atoms with Gasteiger partial charge in [0, 0.05) is 5.02 Å². The first kappa shape index (κ1) is 18.1. The van der Waals surface area contributed by atoms with Gasteiger partial charge in [-0.15, -0.1) is 0 Å². The average Bonchev–Trinajstić information content (AvgIpc) is 3.10. The number of urea groups is 1. The molecule has 0 radical (unpaired) electrons. The summed E-state index contributed by atoms with van der Waals surface area (Å²) in [7, 11) is 1.31. The van der Waals surface area contributed by atoms with Crippen molar-refractivity contribution in [3.63, 3.8) is 0 Å². The van der Waals surface area contributed by atoms with Crippen LogP contribution in [0.2, 0.25) is 5.02 Å². The minimum absolute atomic E-state index is 0.266. The monoisotopic (exact) mass is 396 g/mol. The van der Waals surface area contributed by atoms with E-state index in [-0.39, 0.29) is 6.54 Å². The molecule has 0 saturated carbocycles. The van der Waals surface area contributed by atoms with Crippen molar-refractivity contribution in [1.82, 2.24) is 20.2 Å². The molecule has 28 heavy (non-hydrogen) atoms. The van der Waals surface area contributed by atoms with Gasteiger partial charge in [0.05, 0.1) is 48.3 Å². The third-order valence-electron chi connectivity index (χ3n) is 4.62. The maximum absolute atomic E-state index is 12.6. The minimum atomic E-state index is -0.650. The largest absolute Gasteiger partial charge is 0.466 e. The number of amides is 2. The number of rotatable bonds is 4. The van der Waals surface area contributed by atoms with E-state index in [9.17, 15) is 9.59 Å². The molecule has 142 valence electrons. The van der Waals surface area contributed by atoms with E-state index < -0.39 is 18.0 Å². The summed E-state index contributed by atoms with van der Waals surface area (Å²) in [5.74, 6) is -0.521. The second-order valence-corrected chi connectivity index (χ2v) is 6.76. The number of halogens is 1. The van der Waals surface area contributed by atoms with Crippen LogP contribution in [-0.2, 0) is 16.1 Å². The lowest BCUT2D eigenvalue weighted by Gasteiger charge is -2.29. The lowest BCUT2D eigenvalue weighted by atomic mass is 9.95. The van der Waals surface area contributed by atoms with Crippen LogP contribution in [0.5, 0.6) is 0 Å². The molecule has 2 N–H and O–H groups in total. The van der Waals surface area contributed by atoms with Crippen molar-refractivity contribution in [2.45, 2.75) is 12.6 Å². The van der Waals surface area contributed by atoms with Crippen LogP contribution in [0.3, 0.4) is 0 Å². The van der Waals surface area contributed by atoms with Crippen LogP contribution in [0.4, 0.5) is 4.79 Å². The fourth-order valence-electron chi connectivity index (χ4n) is 3.31. The molecule has 3 aromatic rings. The Morgan fingerprint density at radius 3 is 2.71 bits per heavy atom. The molecule has 0 fully saturated rings. The Hall–Kier alpha value is -3.32. The number of esters is 1. The van der Waals surface area contributed by atoms with Gasteiger partial charge in [0.25, 0.3) is 0 Å². The summed E-state index contributed by atoms with van der Waals surface area (Å²) >= 11 is 5.97. The maximum Gasteiger partial charge on any atom is 0.338 e. The lowest BCUT2D eigenvalue weighted by molar-refractivity contribution is -0.136. The molecule has 4 rings (SSSR count). The van der Waals surface area contributed by atoms with Crippen LogP contribution < -0.4 is 10.6 Å². The van der Waals surface area contributed by atoms with Crippen LogP contribution in [-0.4, -0.2) is 28.7 Å². The summed E-state index contributed by atoms with van der Waals surface area (Å²) in [5, 5.41) is 6.10. The highest BCUT2D eigenvalue weighted by molar-refractivity contribution is 6.30. The summed E-state index contributed by atoms with van der Waals surface area (Å²) in [6.07, 6.45) is 1.68. The third kappa shape index (κ3) is 3.32. The summed E-state index contributed by atoms with van der Waals surface area (Å²) < 4.78 is 6.87. The maximum atomic E-state index is 12.6. The summed E-state index contributed by atoms with van der Waals surface area (Å²) in [6, 6.07) is 13.6. The molecule has 8 heteroatoms. The van der Waals surface area contributed by atoms with Crippen molar-refractivity contribution in [2.75, 3.05) is 7.11 Å². The highest BCUT2D eigenvalue weighted by Gasteiger charge is 2.33. The van der Waals surface area contributed by atoms with Gasteiger partial charge in [0.15, 0.2) is 0 Å². The summed E-state index contributed by atoms with van der Waals surface area (Å²) in [5.41, 5.74) is 3.25. The Bertz CT molecular complexity index is 1090. The molecule has 1 aromatic heterocycles. The summed E-state index contributed by atoms with van der Waals surface area (Å²) in [6.45, 7) is 0.266. The fraction of sp³-hybridized carbons (Fsp3) is 0.150. The van der Waals surface area contributed by atoms with Crippen molar-refractivity contribution in [1.29, 1.82) is 0 Å². The van der Waals surface area contributed by atoms with Crippen molar-refractivity contribution >= 4 is 34.6 Å². The van der Waals surface area contributed by atoms with Gasteiger partial charge in [0.1, 0.15) is 0 Å². The number of imidazole rings is 1. The lowest BCUT2D eigenvalue weighted by Crippen LogP contribution is -2.46. The van der Waals surface area contributed by atoms with Crippen molar-refractivity contribution in [3.8, 4) is 0 Å². The van der Waals surface area contributed by atoms with Crippen molar-refractivity contribution in [2.24, 2.45) is 0 Å². The van der Waals surface area contributed by atoms with Gasteiger partial charge in [-0.1, -0.05) is 35.9 Å². The Morgan fingerprint density at radius 1 is 1.21 bits per heavy atom. The van der Waals surface area contributed by atoms with Crippen LogP contribution >= 0.6 is 11.6 Å². The Morgan fingerprint density at radius 2 is 1.96 bits per heavy atom. The van der Waals surface area contributed by atoms with E-state index in [0.29, 0.717) is 16.3 Å². The number of allylic oxidation sites excluding steroid dienone is 1. The van der Waals surface area contributed by atoms with E-state index >= 15 is 0 Å². The number of hydrogen-bond donors (Lipinski definition) is 2. The van der Waals surface area contributed by atoms with Gasteiger partial charge in [-0.25, -0.2) is 14.6 Å². The van der Waals surface area contributed by atoms with Gasteiger partial charge < -0.3 is 19.9 Å². The molecule has 7 nitrogen and oxygen atoms in total. The number of hydrogen-bond acceptors (Lipinski definition) is 4. The number of carbonyl (C=O) groups excluding carboxylic acids is 2. The van der Waals surface area contributed by atoms with E-state index in [0.717, 1.165) is 16.6 Å². The van der Waals surface area contributed by atoms with Gasteiger partial charge in [0.2, 0.25) is 0 Å². The zero-order valence-electron chi connectivity index (χ0n) is 15.0. The molecule has 1 aliphatic rings. The van der Waals surface area contributed by atoms with Gasteiger partial charge in [-0.3, -0.25) is 0 Å². The molecule has 1 aliphatic heterocycles. The molecule has 0 saturated heterocycles. The number of nitrogens with zero attached hydrogens (tertiary/aromatic N) is 2. The number of para-hydroxylation sites is 2. The smallest absolute Gasteiger partial charge is 0.338 e. The second-order valence-electron chi connectivity index (χ2n) is 6.33. The van der Waals surface area contributed by atoms with Crippen LogP contribution in [0.25, 0.3) is 11.0 Å². The van der Waals surface area contributed by atoms with Crippen molar-refractivity contribution < 1.29 is 14.3 Å². The molecule has 0 spiro atoms. The number of aromatic nitrogens is 2. The number of nitrogens with one attached hydrogen (secondary N) is 2. The van der Waals surface area contributed by atoms with Gasteiger partial charge >= 0.3 is 12.0 Å². The van der Waals surface area contributed by atoms with Crippen molar-refractivity contribution in [3.05, 3.63) is 76.7 Å². The highest BCUT2D eigenvalue weighted by atomic mass is 35.5. The highest BCUT2D eigenvalue weighted by Crippen LogP contribution is 2.29. The van der Waals surface area contributed by atoms with Gasteiger partial charge in [-0.2, -0.15) is 0 Å². The third-order valence-corrected chi connectivity index (χ3v) is 4.87. The first-order valence-corrected chi connectivity index (χ1v) is 8.99.